The third-order valence-electron chi connectivity index (χ3n) is 2.41. The number of hydrogen-bond acceptors (Lipinski definition) is 3. The van der Waals surface area contributed by atoms with Crippen LogP contribution in [0.25, 0.3) is 0 Å². The molecule has 0 fully saturated rings. The highest BCUT2D eigenvalue weighted by Crippen LogP contribution is 2.06. The molecule has 0 aliphatic rings. The summed E-state index contributed by atoms with van der Waals surface area (Å²) in [6.45, 7) is -0.340. The molecule has 2 amide bonds. The summed E-state index contributed by atoms with van der Waals surface area (Å²) in [6.07, 6.45) is -0.667. The Balaban J connectivity index is 1.75. The van der Waals surface area contributed by atoms with Gasteiger partial charge in [-0.3, -0.25) is 10.1 Å². The third-order valence-corrected chi connectivity index (χ3v) is 2.41. The highest BCUT2D eigenvalue weighted by molar-refractivity contribution is 5.93. The van der Waals surface area contributed by atoms with Gasteiger partial charge in [-0.05, 0) is 24.3 Å². The number of nitrogens with one attached hydrogen (secondary N) is 2. The molecule has 5 heteroatoms. The van der Waals surface area contributed by atoms with Gasteiger partial charge in [-0.2, -0.15) is 0 Å². The molecule has 0 radical (unpaired) electrons. The van der Waals surface area contributed by atoms with Gasteiger partial charge in [-0.15, -0.1) is 0 Å². The van der Waals surface area contributed by atoms with Crippen LogP contribution in [0.4, 0.5) is 16.2 Å². The standard InChI is InChI=1S/C15H14N2O3/c18-14(16-12-7-3-1-4-8-12)11-20-15(19)17-13-9-5-2-6-10-13/h1-10H,11H2,(H,16,18)(H,17,19). The van der Waals surface area contributed by atoms with Crippen molar-refractivity contribution >= 4 is 23.4 Å². The molecule has 0 unspecified atom stereocenters. The van der Waals surface area contributed by atoms with Gasteiger partial charge in [0.15, 0.2) is 6.61 Å². The Labute approximate surface area is 116 Å². The maximum absolute atomic E-state index is 11.6. The van der Waals surface area contributed by atoms with E-state index in [0.717, 1.165) is 0 Å². The van der Waals surface area contributed by atoms with Crippen LogP contribution < -0.4 is 10.6 Å². The Morgan fingerprint density at radius 1 is 0.800 bits per heavy atom. The number of carbonyl (C=O) groups excluding carboxylic acids is 2. The summed E-state index contributed by atoms with van der Waals surface area (Å²) in [6, 6.07) is 17.8. The highest BCUT2D eigenvalue weighted by atomic mass is 16.6. The van der Waals surface area contributed by atoms with Crippen LogP contribution in [0.5, 0.6) is 0 Å². The van der Waals surface area contributed by atoms with E-state index in [1.54, 1.807) is 48.5 Å². The Hall–Kier alpha value is -2.82. The lowest BCUT2D eigenvalue weighted by Crippen LogP contribution is -2.23. The van der Waals surface area contributed by atoms with E-state index in [1.165, 1.54) is 0 Å². The Kier molecular flexibility index (Phi) is 4.72. The van der Waals surface area contributed by atoms with E-state index in [1.807, 2.05) is 12.1 Å². The molecule has 0 saturated heterocycles. The first-order valence-corrected chi connectivity index (χ1v) is 6.08. The highest BCUT2D eigenvalue weighted by Gasteiger charge is 2.07. The molecule has 2 aromatic carbocycles. The molecular weight excluding hydrogens is 256 g/mol. The monoisotopic (exact) mass is 270 g/mol. The molecular formula is C15H14N2O3. The largest absolute Gasteiger partial charge is 0.439 e. The second-order valence-corrected chi connectivity index (χ2v) is 3.98. The molecule has 2 aromatic rings. The number of ether oxygens (including phenoxy) is 1. The minimum atomic E-state index is -0.667. The molecule has 5 nitrogen and oxygen atoms in total. The second-order valence-electron chi connectivity index (χ2n) is 3.98. The maximum Gasteiger partial charge on any atom is 0.412 e. The van der Waals surface area contributed by atoms with Crippen LogP contribution in [0.1, 0.15) is 0 Å². The number of hydrogen-bond donors (Lipinski definition) is 2. The lowest BCUT2D eigenvalue weighted by Gasteiger charge is -2.07. The topological polar surface area (TPSA) is 67.4 Å². The summed E-state index contributed by atoms with van der Waals surface area (Å²) >= 11 is 0. The van der Waals surface area contributed by atoms with Crippen molar-refractivity contribution in [3.8, 4) is 0 Å². The van der Waals surface area contributed by atoms with Gasteiger partial charge in [-0.25, -0.2) is 4.79 Å². The van der Waals surface area contributed by atoms with Gasteiger partial charge >= 0.3 is 6.09 Å². The second kappa shape index (κ2) is 6.94. The van der Waals surface area contributed by atoms with Crippen LogP contribution in [0.3, 0.4) is 0 Å². The van der Waals surface area contributed by atoms with Crippen LogP contribution in [0.2, 0.25) is 0 Å². The first-order valence-electron chi connectivity index (χ1n) is 6.08. The average molecular weight is 270 g/mol. The average Bonchev–Trinajstić information content (AvgIpc) is 2.47. The molecule has 0 spiro atoms. The van der Waals surface area contributed by atoms with Crippen LogP contribution >= 0.6 is 0 Å². The maximum atomic E-state index is 11.6. The number of anilines is 2. The zero-order valence-electron chi connectivity index (χ0n) is 10.7. The Bertz CT molecular complexity index is 517. The summed E-state index contributed by atoms with van der Waals surface area (Å²) in [7, 11) is 0. The first-order chi connectivity index (χ1) is 9.74. The number of carbonyl (C=O) groups is 2. The van der Waals surface area contributed by atoms with Crippen molar-refractivity contribution in [2.45, 2.75) is 0 Å². The Morgan fingerprint density at radius 2 is 1.30 bits per heavy atom. The zero-order valence-corrected chi connectivity index (χ0v) is 10.7. The molecule has 0 aromatic heterocycles. The predicted octanol–water partition coefficient (Wildman–Crippen LogP) is 2.87. The SMILES string of the molecule is O=C(COC(=O)Nc1ccccc1)Nc1ccccc1. The van der Waals surface area contributed by atoms with Crippen molar-refractivity contribution in [3.05, 3.63) is 60.7 Å². The number of para-hydroxylation sites is 2. The first kappa shape index (κ1) is 13.6. The van der Waals surface area contributed by atoms with E-state index < -0.39 is 6.09 Å². The van der Waals surface area contributed by atoms with Gasteiger partial charge in [0, 0.05) is 11.4 Å². The van der Waals surface area contributed by atoms with Crippen molar-refractivity contribution in [1.82, 2.24) is 0 Å². The summed E-state index contributed by atoms with van der Waals surface area (Å²) in [4.78, 5) is 23.0. The predicted molar refractivity (Wildman–Crippen MR) is 76.5 cm³/mol. The quantitative estimate of drug-likeness (QED) is 0.897. The van der Waals surface area contributed by atoms with Gasteiger partial charge in [0.05, 0.1) is 0 Å². The molecule has 2 N–H and O–H groups in total. The van der Waals surface area contributed by atoms with Gasteiger partial charge in [0.2, 0.25) is 0 Å². The molecule has 0 aliphatic heterocycles. The minimum Gasteiger partial charge on any atom is -0.439 e. The molecule has 2 rings (SSSR count). The fraction of sp³-hybridized carbons (Fsp3) is 0.0667. The lowest BCUT2D eigenvalue weighted by molar-refractivity contribution is -0.118. The van der Waals surface area contributed by atoms with Crippen LogP contribution in [0.15, 0.2) is 60.7 Å². The van der Waals surface area contributed by atoms with Gasteiger partial charge < -0.3 is 10.1 Å². The van der Waals surface area contributed by atoms with Crippen LogP contribution in [0, 0.1) is 0 Å². The van der Waals surface area contributed by atoms with Gasteiger partial charge in [-0.1, -0.05) is 36.4 Å². The van der Waals surface area contributed by atoms with Crippen molar-refractivity contribution in [2.24, 2.45) is 0 Å². The molecule has 0 atom stereocenters. The van der Waals surface area contributed by atoms with E-state index in [-0.39, 0.29) is 12.5 Å². The van der Waals surface area contributed by atoms with E-state index >= 15 is 0 Å². The van der Waals surface area contributed by atoms with Crippen LogP contribution in [-0.4, -0.2) is 18.6 Å². The molecule has 20 heavy (non-hydrogen) atoms. The van der Waals surface area contributed by atoms with E-state index in [0.29, 0.717) is 11.4 Å². The Morgan fingerprint density at radius 3 is 1.85 bits per heavy atom. The van der Waals surface area contributed by atoms with Gasteiger partial charge in [0.25, 0.3) is 5.91 Å². The molecule has 0 aliphatic carbocycles. The summed E-state index contributed by atoms with van der Waals surface area (Å²) < 4.78 is 4.82. The lowest BCUT2D eigenvalue weighted by atomic mass is 10.3. The van der Waals surface area contributed by atoms with Crippen molar-refractivity contribution in [2.75, 3.05) is 17.2 Å². The van der Waals surface area contributed by atoms with E-state index in [4.69, 9.17) is 4.74 Å². The number of amides is 2. The van der Waals surface area contributed by atoms with Crippen molar-refractivity contribution in [1.29, 1.82) is 0 Å². The summed E-state index contributed by atoms with van der Waals surface area (Å²) in [5, 5.41) is 5.14. The molecule has 0 heterocycles. The fourth-order valence-corrected chi connectivity index (χ4v) is 1.53. The smallest absolute Gasteiger partial charge is 0.412 e. The summed E-state index contributed by atoms with van der Waals surface area (Å²) in [5.74, 6) is -0.389. The third kappa shape index (κ3) is 4.45. The van der Waals surface area contributed by atoms with Gasteiger partial charge in [0.1, 0.15) is 0 Å². The number of rotatable bonds is 4. The number of benzene rings is 2. The van der Waals surface area contributed by atoms with E-state index in [2.05, 4.69) is 10.6 Å². The molecule has 102 valence electrons. The molecule has 0 saturated carbocycles. The van der Waals surface area contributed by atoms with Crippen molar-refractivity contribution < 1.29 is 14.3 Å². The van der Waals surface area contributed by atoms with E-state index in [9.17, 15) is 9.59 Å². The minimum absolute atomic E-state index is 0.340. The normalized spacial score (nSPS) is 9.60. The van der Waals surface area contributed by atoms with Crippen LogP contribution in [-0.2, 0) is 9.53 Å². The fourth-order valence-electron chi connectivity index (χ4n) is 1.53. The summed E-state index contributed by atoms with van der Waals surface area (Å²) in [5.41, 5.74) is 1.27. The van der Waals surface area contributed by atoms with Crippen molar-refractivity contribution in [3.63, 3.8) is 0 Å². The zero-order chi connectivity index (χ0) is 14.2. The molecule has 0 bridgehead atoms.